The molecular weight excluding hydrogens is 328 g/mol. The molecular formula is C17H14N2O6. The molecule has 3 aliphatic heterocycles. The average molecular weight is 342 g/mol. The van der Waals surface area contributed by atoms with Crippen LogP contribution in [-0.2, 0) is 28.6 Å². The van der Waals surface area contributed by atoms with Crippen molar-refractivity contribution in [1.29, 1.82) is 5.26 Å². The monoisotopic (exact) mass is 342 g/mol. The Labute approximate surface area is 143 Å². The lowest BCUT2D eigenvalue weighted by atomic mass is 9.91. The predicted octanol–water partition coefficient (Wildman–Crippen LogP) is 0.142. The maximum atomic E-state index is 12.4. The molecule has 0 spiro atoms. The molecule has 0 saturated heterocycles. The molecule has 8 nitrogen and oxygen atoms in total. The Morgan fingerprint density at radius 3 is 2.32 bits per heavy atom. The van der Waals surface area contributed by atoms with E-state index in [0.717, 1.165) is 7.11 Å². The van der Waals surface area contributed by atoms with Crippen molar-refractivity contribution in [3.8, 4) is 6.07 Å². The topological polar surface area (TPSA) is 106 Å². The van der Waals surface area contributed by atoms with Crippen molar-refractivity contribution in [3.05, 3.63) is 46.7 Å². The van der Waals surface area contributed by atoms with Crippen LogP contribution >= 0.6 is 0 Å². The fourth-order valence-electron chi connectivity index (χ4n) is 3.38. The third-order valence-electron chi connectivity index (χ3n) is 4.41. The summed E-state index contributed by atoms with van der Waals surface area (Å²) < 4.78 is 14.3. The minimum Gasteiger partial charge on any atom is -0.466 e. The van der Waals surface area contributed by atoms with Gasteiger partial charge in [0.2, 0.25) is 0 Å². The maximum Gasteiger partial charge on any atom is 0.338 e. The number of hydrogen-bond donors (Lipinski definition) is 0. The number of esters is 3. The van der Waals surface area contributed by atoms with Crippen molar-refractivity contribution in [2.75, 3.05) is 21.3 Å². The molecule has 0 saturated carbocycles. The van der Waals surface area contributed by atoms with E-state index in [1.54, 1.807) is 11.0 Å². The minimum absolute atomic E-state index is 0.0350. The van der Waals surface area contributed by atoms with Gasteiger partial charge in [-0.1, -0.05) is 0 Å². The largest absolute Gasteiger partial charge is 0.466 e. The first kappa shape index (κ1) is 16.5. The van der Waals surface area contributed by atoms with Crippen LogP contribution in [0.2, 0.25) is 0 Å². The van der Waals surface area contributed by atoms with E-state index in [1.807, 2.05) is 0 Å². The van der Waals surface area contributed by atoms with E-state index in [-0.39, 0.29) is 16.7 Å². The van der Waals surface area contributed by atoms with Gasteiger partial charge in [0.1, 0.15) is 6.07 Å². The quantitative estimate of drug-likeness (QED) is 0.527. The number of methoxy groups -OCH3 is 3. The highest BCUT2D eigenvalue weighted by atomic mass is 16.5. The number of hydrogen-bond acceptors (Lipinski definition) is 8. The van der Waals surface area contributed by atoms with Crippen LogP contribution in [0.5, 0.6) is 0 Å². The number of rotatable bonds is 3. The van der Waals surface area contributed by atoms with Gasteiger partial charge in [-0.25, -0.2) is 14.4 Å². The molecule has 0 aliphatic carbocycles. The Kier molecular flexibility index (Phi) is 3.72. The highest BCUT2D eigenvalue weighted by molar-refractivity contribution is 6.07. The molecule has 0 bridgehead atoms. The van der Waals surface area contributed by atoms with Gasteiger partial charge in [0.15, 0.2) is 5.54 Å². The van der Waals surface area contributed by atoms with E-state index in [4.69, 9.17) is 14.2 Å². The molecule has 3 aliphatic rings. The summed E-state index contributed by atoms with van der Waals surface area (Å²) in [4.78, 5) is 38.3. The first-order valence-electron chi connectivity index (χ1n) is 7.28. The van der Waals surface area contributed by atoms with Gasteiger partial charge in [0.25, 0.3) is 0 Å². The Bertz CT molecular complexity index is 857. The Morgan fingerprint density at radius 1 is 1.12 bits per heavy atom. The smallest absolute Gasteiger partial charge is 0.338 e. The molecule has 0 fully saturated rings. The molecule has 0 amide bonds. The molecule has 0 radical (unpaired) electrons. The van der Waals surface area contributed by atoms with Crippen LogP contribution in [-0.4, -0.2) is 55.7 Å². The normalized spacial score (nSPS) is 25.7. The molecule has 3 rings (SSSR count). The zero-order chi connectivity index (χ0) is 18.4. The summed E-state index contributed by atoms with van der Waals surface area (Å²) >= 11 is 0. The van der Waals surface area contributed by atoms with Gasteiger partial charge in [0.05, 0.1) is 44.1 Å². The molecule has 0 aromatic heterocycles. The first-order chi connectivity index (χ1) is 11.9. The molecule has 2 atom stereocenters. The van der Waals surface area contributed by atoms with Crippen LogP contribution in [0.15, 0.2) is 46.7 Å². The van der Waals surface area contributed by atoms with Crippen molar-refractivity contribution in [3.63, 3.8) is 0 Å². The molecule has 0 aromatic rings. The zero-order valence-corrected chi connectivity index (χ0v) is 13.7. The lowest BCUT2D eigenvalue weighted by Crippen LogP contribution is -2.45. The third-order valence-corrected chi connectivity index (χ3v) is 4.41. The van der Waals surface area contributed by atoms with Crippen molar-refractivity contribution in [2.45, 2.75) is 11.6 Å². The van der Waals surface area contributed by atoms with Gasteiger partial charge in [-0.05, 0) is 24.3 Å². The highest BCUT2D eigenvalue weighted by Crippen LogP contribution is 2.49. The number of ether oxygens (including phenoxy) is 3. The Morgan fingerprint density at radius 2 is 1.76 bits per heavy atom. The second kappa shape index (κ2) is 5.63. The summed E-state index contributed by atoms with van der Waals surface area (Å²) in [6.45, 7) is 0. The molecule has 0 aromatic carbocycles. The lowest BCUT2D eigenvalue weighted by molar-refractivity contribution is -0.139. The molecule has 25 heavy (non-hydrogen) atoms. The Balaban J connectivity index is 2.30. The van der Waals surface area contributed by atoms with Gasteiger partial charge in [0, 0.05) is 5.70 Å². The summed E-state index contributed by atoms with van der Waals surface area (Å²) in [5, 5.41) is 9.81. The van der Waals surface area contributed by atoms with Crippen LogP contribution < -0.4 is 0 Å². The minimum atomic E-state index is -1.49. The van der Waals surface area contributed by atoms with E-state index in [9.17, 15) is 19.6 Å². The van der Waals surface area contributed by atoms with Crippen LogP contribution in [0.3, 0.4) is 0 Å². The number of carbonyl (C=O) groups is 3. The lowest BCUT2D eigenvalue weighted by Gasteiger charge is -2.35. The van der Waals surface area contributed by atoms with Crippen molar-refractivity contribution < 1.29 is 28.6 Å². The van der Waals surface area contributed by atoms with E-state index >= 15 is 0 Å². The Hall–Kier alpha value is -3.34. The standard InChI is InChI=1S/C17H14N2O6/c1-23-14(20)9-6-10-4-5-17(8-18)13(16(22)25-3)12(15(21)24-2)11(7-9)19(10)17/h4-7,11H,1-3H3/t11-,17-/m0/s1. The van der Waals surface area contributed by atoms with Crippen molar-refractivity contribution >= 4 is 17.9 Å². The van der Waals surface area contributed by atoms with E-state index in [0.29, 0.717) is 5.70 Å². The second-order valence-electron chi connectivity index (χ2n) is 5.48. The van der Waals surface area contributed by atoms with Gasteiger partial charge in [-0.2, -0.15) is 5.26 Å². The van der Waals surface area contributed by atoms with Crippen LogP contribution in [0.4, 0.5) is 0 Å². The van der Waals surface area contributed by atoms with Crippen LogP contribution in [0, 0.1) is 11.3 Å². The zero-order valence-electron chi connectivity index (χ0n) is 13.7. The van der Waals surface area contributed by atoms with Gasteiger partial charge >= 0.3 is 17.9 Å². The fourth-order valence-corrected chi connectivity index (χ4v) is 3.38. The summed E-state index contributed by atoms with van der Waals surface area (Å²) in [6.07, 6.45) is 6.12. The highest BCUT2D eigenvalue weighted by Gasteiger charge is 2.59. The van der Waals surface area contributed by atoms with Crippen LogP contribution in [0.1, 0.15) is 0 Å². The van der Waals surface area contributed by atoms with Gasteiger partial charge in [-0.15, -0.1) is 0 Å². The van der Waals surface area contributed by atoms with Crippen molar-refractivity contribution in [2.24, 2.45) is 0 Å². The fraction of sp³-hybridized carbons (Fsp3) is 0.294. The summed E-state index contributed by atoms with van der Waals surface area (Å²) in [6, 6.07) is 1.26. The molecule has 8 heteroatoms. The summed E-state index contributed by atoms with van der Waals surface area (Å²) in [5.41, 5.74) is -0.923. The van der Waals surface area contributed by atoms with Crippen LogP contribution in [0.25, 0.3) is 0 Å². The number of nitriles is 1. The average Bonchev–Trinajstić information content (AvgIpc) is 3.16. The molecule has 0 N–H and O–H groups in total. The van der Waals surface area contributed by atoms with Gasteiger partial charge in [-0.3, -0.25) is 0 Å². The second-order valence-corrected chi connectivity index (χ2v) is 5.48. The SMILES string of the molecule is COC(=O)C1=C[C@H]2C(C(=O)OC)=C(C(=O)OC)[C@@]3(C#N)C=CC(=C1)N23. The summed E-state index contributed by atoms with van der Waals surface area (Å²) in [5.74, 6) is -2.18. The number of carbonyl (C=O) groups excluding carboxylic acids is 3. The third kappa shape index (κ3) is 2.02. The summed E-state index contributed by atoms with van der Waals surface area (Å²) in [7, 11) is 3.58. The molecule has 0 unspecified atom stereocenters. The molecule has 128 valence electrons. The molecule has 3 heterocycles. The first-order valence-corrected chi connectivity index (χ1v) is 7.28. The maximum absolute atomic E-state index is 12.4. The van der Waals surface area contributed by atoms with E-state index < -0.39 is 29.5 Å². The number of nitrogens with zero attached hydrogens (tertiary/aromatic N) is 2. The van der Waals surface area contributed by atoms with Gasteiger partial charge < -0.3 is 19.1 Å². The van der Waals surface area contributed by atoms with E-state index in [1.165, 1.54) is 32.4 Å². The van der Waals surface area contributed by atoms with Crippen molar-refractivity contribution in [1.82, 2.24) is 4.90 Å². The number of allylic oxidation sites excluding steroid dienone is 1. The van der Waals surface area contributed by atoms with E-state index in [2.05, 4.69) is 6.07 Å². The predicted molar refractivity (Wildman–Crippen MR) is 82.4 cm³/mol.